The number of nitrogen functional groups attached to an aromatic ring is 1. The smallest absolute Gasteiger partial charge is 0.255 e. The molecule has 2 aromatic carbocycles. The van der Waals surface area contributed by atoms with E-state index in [-0.39, 0.29) is 5.91 Å². The number of nitrogens with zero attached hydrogens (tertiary/aromatic N) is 2. The van der Waals surface area contributed by atoms with Crippen molar-refractivity contribution in [3.8, 4) is 0 Å². The highest BCUT2D eigenvalue weighted by molar-refractivity contribution is 6.42. The average Bonchev–Trinajstić information content (AvgIpc) is 2.64. The minimum absolute atomic E-state index is 0.257. The highest BCUT2D eigenvalue weighted by atomic mass is 35.5. The Morgan fingerprint density at radius 3 is 2.42 bits per heavy atom. The molecule has 26 heavy (non-hydrogen) atoms. The van der Waals surface area contributed by atoms with Crippen LogP contribution in [-0.4, -0.2) is 43.5 Å². The molecule has 1 aliphatic rings. The highest BCUT2D eigenvalue weighted by Gasteiger charge is 2.18. The van der Waals surface area contributed by atoms with Crippen LogP contribution in [0.1, 0.15) is 17.3 Å². The molecular weight excluding hydrogens is 371 g/mol. The molecule has 0 saturated carbocycles. The minimum Gasteiger partial charge on any atom is -0.397 e. The Labute approximate surface area is 163 Å². The molecule has 1 aliphatic heterocycles. The highest BCUT2D eigenvalue weighted by Crippen LogP contribution is 2.28. The summed E-state index contributed by atoms with van der Waals surface area (Å²) in [5.41, 5.74) is 8.98. The summed E-state index contributed by atoms with van der Waals surface area (Å²) < 4.78 is 0. The van der Waals surface area contributed by atoms with Gasteiger partial charge in [0.25, 0.3) is 5.91 Å². The summed E-state index contributed by atoms with van der Waals surface area (Å²) in [6, 6.07) is 10.4. The Hall–Kier alpha value is -1.95. The summed E-state index contributed by atoms with van der Waals surface area (Å²) in [5, 5.41) is 3.61. The molecule has 138 valence electrons. The molecule has 1 fully saturated rings. The van der Waals surface area contributed by atoms with Crippen molar-refractivity contribution >= 4 is 46.2 Å². The molecule has 0 aliphatic carbocycles. The Balaban J connectivity index is 1.69. The maximum atomic E-state index is 12.4. The lowest BCUT2D eigenvalue weighted by atomic mass is 10.1. The number of nitrogens with two attached hydrogens (primary N) is 1. The van der Waals surface area contributed by atoms with E-state index >= 15 is 0 Å². The van der Waals surface area contributed by atoms with Gasteiger partial charge in [0.05, 0.1) is 21.4 Å². The van der Waals surface area contributed by atoms with Crippen LogP contribution in [0.4, 0.5) is 17.1 Å². The molecule has 3 rings (SSSR count). The second-order valence-corrected chi connectivity index (χ2v) is 7.09. The van der Waals surface area contributed by atoms with Crippen LogP contribution in [0, 0.1) is 0 Å². The lowest BCUT2D eigenvalue weighted by Gasteiger charge is -2.36. The van der Waals surface area contributed by atoms with E-state index in [0.29, 0.717) is 27.0 Å². The van der Waals surface area contributed by atoms with Crippen molar-refractivity contribution in [2.24, 2.45) is 0 Å². The molecule has 2 aromatic rings. The topological polar surface area (TPSA) is 61.6 Å². The van der Waals surface area contributed by atoms with Crippen molar-refractivity contribution < 1.29 is 4.79 Å². The Kier molecular flexibility index (Phi) is 5.91. The second kappa shape index (κ2) is 8.16. The van der Waals surface area contributed by atoms with Gasteiger partial charge in [0.1, 0.15) is 0 Å². The second-order valence-electron chi connectivity index (χ2n) is 6.28. The number of hydrogen-bond acceptors (Lipinski definition) is 4. The number of benzene rings is 2. The van der Waals surface area contributed by atoms with Crippen LogP contribution in [0.2, 0.25) is 10.0 Å². The van der Waals surface area contributed by atoms with Gasteiger partial charge in [-0.1, -0.05) is 30.1 Å². The largest absolute Gasteiger partial charge is 0.397 e. The molecule has 0 spiro atoms. The predicted molar refractivity (Wildman–Crippen MR) is 110 cm³/mol. The van der Waals surface area contributed by atoms with Crippen LogP contribution in [0.15, 0.2) is 36.4 Å². The maximum absolute atomic E-state index is 12.4. The monoisotopic (exact) mass is 392 g/mol. The van der Waals surface area contributed by atoms with E-state index in [1.807, 2.05) is 12.1 Å². The zero-order valence-electron chi connectivity index (χ0n) is 14.6. The number of likely N-dealkylation sites (N-methyl/N-ethyl adjacent to an activating group) is 1. The first-order valence-electron chi connectivity index (χ1n) is 8.61. The number of carbonyl (C=O) groups is 1. The van der Waals surface area contributed by atoms with Gasteiger partial charge in [0.2, 0.25) is 0 Å². The van der Waals surface area contributed by atoms with Gasteiger partial charge < -0.3 is 20.9 Å². The van der Waals surface area contributed by atoms with E-state index in [4.69, 9.17) is 28.9 Å². The molecule has 0 radical (unpaired) electrons. The summed E-state index contributed by atoms with van der Waals surface area (Å²) in [5.74, 6) is -0.257. The van der Waals surface area contributed by atoms with Crippen molar-refractivity contribution in [1.82, 2.24) is 4.90 Å². The first-order chi connectivity index (χ1) is 12.5. The van der Waals surface area contributed by atoms with Gasteiger partial charge in [-0.15, -0.1) is 0 Å². The minimum atomic E-state index is -0.257. The number of carbonyl (C=O) groups excluding carboxylic acids is 1. The molecule has 7 heteroatoms. The average molecular weight is 393 g/mol. The molecule has 1 saturated heterocycles. The van der Waals surface area contributed by atoms with Crippen LogP contribution in [0.25, 0.3) is 0 Å². The Bertz CT molecular complexity index is 804. The summed E-state index contributed by atoms with van der Waals surface area (Å²) >= 11 is 11.9. The first-order valence-corrected chi connectivity index (χ1v) is 9.36. The molecule has 0 bridgehead atoms. The maximum Gasteiger partial charge on any atom is 0.255 e. The van der Waals surface area contributed by atoms with E-state index in [2.05, 4.69) is 22.0 Å². The Morgan fingerprint density at radius 2 is 1.81 bits per heavy atom. The fourth-order valence-corrected chi connectivity index (χ4v) is 3.36. The van der Waals surface area contributed by atoms with Crippen molar-refractivity contribution in [3.05, 3.63) is 52.0 Å². The van der Waals surface area contributed by atoms with Crippen molar-refractivity contribution in [2.75, 3.05) is 48.7 Å². The third kappa shape index (κ3) is 4.23. The van der Waals surface area contributed by atoms with Gasteiger partial charge in [-0.25, -0.2) is 0 Å². The molecule has 0 aromatic heterocycles. The summed E-state index contributed by atoms with van der Waals surface area (Å²) in [7, 11) is 0. The fraction of sp³-hybridized carbons (Fsp3) is 0.316. The number of hydrogen-bond donors (Lipinski definition) is 2. The van der Waals surface area contributed by atoms with Gasteiger partial charge in [0.15, 0.2) is 0 Å². The van der Waals surface area contributed by atoms with E-state index in [0.717, 1.165) is 38.4 Å². The van der Waals surface area contributed by atoms with Crippen molar-refractivity contribution in [2.45, 2.75) is 6.92 Å². The van der Waals surface area contributed by atoms with E-state index < -0.39 is 0 Å². The number of amides is 1. The third-order valence-corrected chi connectivity index (χ3v) is 5.37. The van der Waals surface area contributed by atoms with E-state index in [1.54, 1.807) is 24.3 Å². The zero-order valence-corrected chi connectivity index (χ0v) is 16.1. The Morgan fingerprint density at radius 1 is 1.08 bits per heavy atom. The molecule has 0 unspecified atom stereocenters. The quantitative estimate of drug-likeness (QED) is 0.772. The lowest BCUT2D eigenvalue weighted by Crippen LogP contribution is -2.46. The summed E-state index contributed by atoms with van der Waals surface area (Å²) in [4.78, 5) is 17.1. The number of rotatable bonds is 4. The zero-order chi connectivity index (χ0) is 18.7. The van der Waals surface area contributed by atoms with E-state index in [9.17, 15) is 4.79 Å². The van der Waals surface area contributed by atoms with Crippen LogP contribution < -0.4 is 16.0 Å². The van der Waals surface area contributed by atoms with E-state index in [1.165, 1.54) is 0 Å². The molecule has 5 nitrogen and oxygen atoms in total. The van der Waals surface area contributed by atoms with Crippen molar-refractivity contribution in [3.63, 3.8) is 0 Å². The normalized spacial score (nSPS) is 15.1. The fourth-order valence-electron chi connectivity index (χ4n) is 3.07. The van der Waals surface area contributed by atoms with Crippen LogP contribution in [-0.2, 0) is 0 Å². The number of nitrogens with one attached hydrogen (secondary N) is 1. The lowest BCUT2D eigenvalue weighted by molar-refractivity contribution is 0.102. The van der Waals surface area contributed by atoms with Crippen LogP contribution in [0.5, 0.6) is 0 Å². The standard InChI is InChI=1S/C19H22Cl2N4O/c1-2-24-7-9-25(10-8-24)18-6-4-14(12-17(18)22)23-19(26)13-3-5-15(20)16(21)11-13/h3-6,11-12H,2,7-10,22H2,1H3,(H,23,26). The van der Waals surface area contributed by atoms with Gasteiger partial charge >= 0.3 is 0 Å². The molecule has 3 N–H and O–H groups in total. The SMILES string of the molecule is CCN1CCN(c2ccc(NC(=O)c3ccc(Cl)c(Cl)c3)cc2N)CC1. The van der Waals surface area contributed by atoms with Gasteiger partial charge in [-0.3, -0.25) is 4.79 Å². The molecule has 0 atom stereocenters. The van der Waals surface area contributed by atoms with Gasteiger partial charge in [-0.2, -0.15) is 0 Å². The number of piperazine rings is 1. The van der Waals surface area contributed by atoms with Gasteiger partial charge in [0, 0.05) is 37.4 Å². The number of halogens is 2. The molecule has 1 amide bonds. The van der Waals surface area contributed by atoms with Crippen LogP contribution >= 0.6 is 23.2 Å². The molecular formula is C19H22Cl2N4O. The first kappa shape index (κ1) is 18.8. The van der Waals surface area contributed by atoms with Gasteiger partial charge in [-0.05, 0) is 42.9 Å². The third-order valence-electron chi connectivity index (χ3n) is 4.63. The van der Waals surface area contributed by atoms with Crippen molar-refractivity contribution in [1.29, 1.82) is 0 Å². The van der Waals surface area contributed by atoms with Crippen LogP contribution in [0.3, 0.4) is 0 Å². The summed E-state index contributed by atoms with van der Waals surface area (Å²) in [6.45, 7) is 7.22. The molecule has 1 heterocycles. The summed E-state index contributed by atoms with van der Waals surface area (Å²) in [6.07, 6.45) is 0. The number of anilines is 3. The predicted octanol–water partition coefficient (Wildman–Crippen LogP) is 3.97.